The van der Waals surface area contributed by atoms with E-state index in [1.165, 1.54) is 18.1 Å². The number of carbonyl (C=O) groups excluding carboxylic acids is 1. The highest BCUT2D eigenvalue weighted by atomic mass is 32.1. The van der Waals surface area contributed by atoms with Gasteiger partial charge in [-0.2, -0.15) is 0 Å². The van der Waals surface area contributed by atoms with Gasteiger partial charge in [0.15, 0.2) is 5.11 Å². The number of carbonyl (C=O) groups is 1. The maximum absolute atomic E-state index is 11.7. The second kappa shape index (κ2) is 6.21. The second-order valence-electron chi connectivity index (χ2n) is 4.29. The second-order valence-corrected chi connectivity index (χ2v) is 4.70. The van der Waals surface area contributed by atoms with E-state index in [0.717, 1.165) is 11.3 Å². The Kier molecular flexibility index (Phi) is 4.37. The predicted molar refractivity (Wildman–Crippen MR) is 81.4 cm³/mol. The molecule has 0 unspecified atom stereocenters. The molecular formula is C14H15N3O2S. The fourth-order valence-electron chi connectivity index (χ4n) is 1.62. The lowest BCUT2D eigenvalue weighted by Crippen LogP contribution is -2.43. The number of hydrogen-bond acceptors (Lipinski definition) is 3. The monoisotopic (exact) mass is 289 g/mol. The Morgan fingerprint density at radius 2 is 2.00 bits per heavy atom. The first-order valence-electron chi connectivity index (χ1n) is 6.03. The summed E-state index contributed by atoms with van der Waals surface area (Å²) in [6, 6.07) is 7.46. The van der Waals surface area contributed by atoms with Gasteiger partial charge in [0.1, 0.15) is 6.26 Å². The van der Waals surface area contributed by atoms with Gasteiger partial charge in [0.05, 0.1) is 11.8 Å². The van der Waals surface area contributed by atoms with Crippen molar-refractivity contribution in [2.75, 3.05) is 5.32 Å². The molecule has 1 amide bonds. The van der Waals surface area contributed by atoms with E-state index < -0.39 is 0 Å². The van der Waals surface area contributed by atoms with E-state index in [4.69, 9.17) is 16.6 Å². The van der Waals surface area contributed by atoms with Gasteiger partial charge >= 0.3 is 0 Å². The third-order valence-electron chi connectivity index (χ3n) is 2.93. The van der Waals surface area contributed by atoms with Gasteiger partial charge in [-0.25, -0.2) is 0 Å². The Labute approximate surface area is 122 Å². The van der Waals surface area contributed by atoms with Crippen molar-refractivity contribution in [3.05, 3.63) is 53.5 Å². The molecule has 0 bridgehead atoms. The van der Waals surface area contributed by atoms with E-state index in [1.807, 2.05) is 32.0 Å². The van der Waals surface area contributed by atoms with E-state index in [-0.39, 0.29) is 5.91 Å². The van der Waals surface area contributed by atoms with Crippen LogP contribution >= 0.6 is 12.2 Å². The lowest BCUT2D eigenvalue weighted by Gasteiger charge is -2.13. The maximum atomic E-state index is 11.7. The van der Waals surface area contributed by atoms with Crippen molar-refractivity contribution in [1.29, 1.82) is 0 Å². The molecule has 0 aliphatic rings. The topological polar surface area (TPSA) is 66.3 Å². The third-order valence-corrected chi connectivity index (χ3v) is 3.13. The Morgan fingerprint density at radius 3 is 2.70 bits per heavy atom. The molecule has 0 fully saturated rings. The highest BCUT2D eigenvalue weighted by molar-refractivity contribution is 7.80. The van der Waals surface area contributed by atoms with Crippen LogP contribution in [0.15, 0.2) is 41.2 Å². The molecule has 0 radical (unpaired) electrons. The molecule has 2 rings (SSSR count). The van der Waals surface area contributed by atoms with Crippen molar-refractivity contribution < 1.29 is 9.21 Å². The molecule has 0 aliphatic heterocycles. The summed E-state index contributed by atoms with van der Waals surface area (Å²) in [5.41, 5.74) is 8.73. The molecule has 3 N–H and O–H groups in total. The molecule has 1 aromatic heterocycles. The van der Waals surface area contributed by atoms with Gasteiger partial charge in [-0.15, -0.1) is 0 Å². The largest absolute Gasteiger partial charge is 0.472 e. The van der Waals surface area contributed by atoms with Crippen LogP contribution in [-0.2, 0) is 0 Å². The smallest absolute Gasteiger partial charge is 0.272 e. The number of rotatable bonds is 2. The van der Waals surface area contributed by atoms with E-state index in [9.17, 15) is 4.79 Å². The Bertz CT molecular complexity index is 623. The third kappa shape index (κ3) is 3.36. The number of furan rings is 1. The standard InChI is InChI=1S/C14H15N3O2S/c1-9-4-3-5-12(10(9)2)15-14(20)17-16-13(18)11-6-7-19-8-11/h3-8H,1-2H3,(H,16,18)(H2,15,17,20). The van der Waals surface area contributed by atoms with E-state index in [2.05, 4.69) is 16.2 Å². The van der Waals surface area contributed by atoms with Crippen molar-refractivity contribution in [1.82, 2.24) is 10.9 Å². The van der Waals surface area contributed by atoms with Gasteiger partial charge in [0, 0.05) is 5.69 Å². The van der Waals surface area contributed by atoms with Gasteiger partial charge in [-0.1, -0.05) is 12.1 Å². The van der Waals surface area contributed by atoms with Gasteiger partial charge in [-0.3, -0.25) is 15.6 Å². The Balaban J connectivity index is 1.90. The summed E-state index contributed by atoms with van der Waals surface area (Å²) >= 11 is 5.13. The van der Waals surface area contributed by atoms with Crippen LogP contribution in [0.1, 0.15) is 21.5 Å². The van der Waals surface area contributed by atoms with Gasteiger partial charge in [-0.05, 0) is 49.3 Å². The van der Waals surface area contributed by atoms with Crippen LogP contribution in [0.25, 0.3) is 0 Å². The highest BCUT2D eigenvalue weighted by Crippen LogP contribution is 2.17. The van der Waals surface area contributed by atoms with Crippen molar-refractivity contribution in [3.8, 4) is 0 Å². The van der Waals surface area contributed by atoms with Crippen molar-refractivity contribution in [2.24, 2.45) is 0 Å². The summed E-state index contributed by atoms with van der Waals surface area (Å²) in [7, 11) is 0. The van der Waals surface area contributed by atoms with E-state index in [1.54, 1.807) is 6.07 Å². The number of anilines is 1. The zero-order valence-corrected chi connectivity index (χ0v) is 12.0. The van der Waals surface area contributed by atoms with Crippen LogP contribution in [0.4, 0.5) is 5.69 Å². The molecule has 6 heteroatoms. The molecular weight excluding hydrogens is 274 g/mol. The molecule has 2 aromatic rings. The van der Waals surface area contributed by atoms with Gasteiger partial charge in [0.2, 0.25) is 0 Å². The summed E-state index contributed by atoms with van der Waals surface area (Å²) in [6.07, 6.45) is 2.79. The highest BCUT2D eigenvalue weighted by Gasteiger charge is 2.07. The molecule has 0 saturated carbocycles. The number of amides is 1. The number of thiocarbonyl (C=S) groups is 1. The fourth-order valence-corrected chi connectivity index (χ4v) is 1.78. The average Bonchev–Trinajstić information content (AvgIpc) is 2.95. The number of hydrogen-bond donors (Lipinski definition) is 3. The minimum absolute atomic E-state index is 0.315. The van der Waals surface area contributed by atoms with Crippen molar-refractivity contribution >= 4 is 28.9 Å². The van der Waals surface area contributed by atoms with Gasteiger partial charge in [0.25, 0.3) is 5.91 Å². The zero-order valence-electron chi connectivity index (χ0n) is 11.2. The molecule has 104 valence electrons. The lowest BCUT2D eigenvalue weighted by molar-refractivity contribution is 0.0943. The van der Waals surface area contributed by atoms with Crippen LogP contribution in [-0.4, -0.2) is 11.0 Å². The maximum Gasteiger partial charge on any atom is 0.272 e. The Hall–Kier alpha value is -2.34. The first-order valence-corrected chi connectivity index (χ1v) is 6.44. The zero-order chi connectivity index (χ0) is 14.5. The summed E-state index contributed by atoms with van der Waals surface area (Å²) in [5.74, 6) is -0.316. The molecule has 0 aliphatic carbocycles. The Morgan fingerprint density at radius 1 is 1.20 bits per heavy atom. The predicted octanol–water partition coefficient (Wildman–Crippen LogP) is 2.53. The summed E-state index contributed by atoms with van der Waals surface area (Å²) < 4.78 is 4.83. The van der Waals surface area contributed by atoms with E-state index >= 15 is 0 Å². The number of benzene rings is 1. The first kappa shape index (κ1) is 14.1. The van der Waals surface area contributed by atoms with Crippen LogP contribution in [0.5, 0.6) is 0 Å². The molecule has 0 saturated heterocycles. The molecule has 5 nitrogen and oxygen atoms in total. The number of hydrazine groups is 1. The quantitative estimate of drug-likeness (QED) is 0.585. The van der Waals surface area contributed by atoms with Crippen molar-refractivity contribution in [3.63, 3.8) is 0 Å². The molecule has 1 heterocycles. The van der Waals surface area contributed by atoms with Gasteiger partial charge < -0.3 is 9.73 Å². The van der Waals surface area contributed by atoms with Crippen LogP contribution in [0.3, 0.4) is 0 Å². The van der Waals surface area contributed by atoms with Crippen LogP contribution in [0, 0.1) is 13.8 Å². The lowest BCUT2D eigenvalue weighted by atomic mass is 10.1. The molecule has 1 aromatic carbocycles. The summed E-state index contributed by atoms with van der Waals surface area (Å²) in [5, 5.41) is 3.35. The minimum atomic E-state index is -0.316. The normalized spacial score (nSPS) is 9.90. The van der Waals surface area contributed by atoms with Crippen LogP contribution in [0.2, 0.25) is 0 Å². The molecule has 0 atom stereocenters. The fraction of sp³-hybridized carbons (Fsp3) is 0.143. The minimum Gasteiger partial charge on any atom is -0.472 e. The summed E-state index contributed by atoms with van der Waals surface area (Å²) in [4.78, 5) is 11.7. The summed E-state index contributed by atoms with van der Waals surface area (Å²) in [6.45, 7) is 4.03. The number of nitrogens with one attached hydrogen (secondary N) is 3. The van der Waals surface area contributed by atoms with Crippen molar-refractivity contribution in [2.45, 2.75) is 13.8 Å². The molecule has 0 spiro atoms. The van der Waals surface area contributed by atoms with E-state index in [0.29, 0.717) is 10.7 Å². The first-order chi connectivity index (χ1) is 9.58. The average molecular weight is 289 g/mol. The number of aryl methyl sites for hydroxylation is 1. The SMILES string of the molecule is Cc1cccc(NC(=S)NNC(=O)c2ccoc2)c1C. The van der Waals surface area contributed by atoms with Crippen LogP contribution < -0.4 is 16.2 Å². The molecule has 20 heavy (non-hydrogen) atoms.